The molecule has 3 rings (SSSR count). The number of rotatable bonds is 0. The van der Waals surface area contributed by atoms with Gasteiger partial charge in [0.15, 0.2) is 5.96 Å². The lowest BCUT2D eigenvalue weighted by Gasteiger charge is -2.37. The Balaban J connectivity index is 1.80. The SMILES string of the molecule is CC1CSCCN1C1=NCc2ccccc2N1. The van der Waals surface area contributed by atoms with Crippen LogP contribution in [0, 0.1) is 0 Å². The summed E-state index contributed by atoms with van der Waals surface area (Å²) in [6, 6.07) is 8.99. The Morgan fingerprint density at radius 2 is 2.29 bits per heavy atom. The minimum Gasteiger partial charge on any atom is -0.338 e. The molecule has 90 valence electrons. The molecule has 3 nitrogen and oxygen atoms in total. The normalized spacial score (nSPS) is 23.7. The van der Waals surface area contributed by atoms with Crippen LogP contribution in [-0.2, 0) is 6.54 Å². The van der Waals surface area contributed by atoms with E-state index in [1.54, 1.807) is 0 Å². The van der Waals surface area contributed by atoms with E-state index < -0.39 is 0 Å². The summed E-state index contributed by atoms with van der Waals surface area (Å²) in [5.74, 6) is 3.45. The van der Waals surface area contributed by atoms with Gasteiger partial charge in [-0.25, -0.2) is 4.99 Å². The highest BCUT2D eigenvalue weighted by Crippen LogP contribution is 2.23. The number of guanidine groups is 1. The van der Waals surface area contributed by atoms with Crippen LogP contribution in [0.15, 0.2) is 29.3 Å². The quantitative estimate of drug-likeness (QED) is 0.763. The van der Waals surface area contributed by atoms with E-state index in [0.29, 0.717) is 6.04 Å². The fourth-order valence-electron chi connectivity index (χ4n) is 2.30. The van der Waals surface area contributed by atoms with Gasteiger partial charge in [-0.2, -0.15) is 11.8 Å². The Morgan fingerprint density at radius 1 is 1.41 bits per heavy atom. The van der Waals surface area contributed by atoms with E-state index >= 15 is 0 Å². The van der Waals surface area contributed by atoms with Crippen LogP contribution in [0.4, 0.5) is 5.69 Å². The first-order chi connectivity index (χ1) is 8.34. The maximum atomic E-state index is 4.67. The average molecular weight is 247 g/mol. The molecule has 1 unspecified atom stereocenters. The van der Waals surface area contributed by atoms with Crippen molar-refractivity contribution < 1.29 is 0 Å². The summed E-state index contributed by atoms with van der Waals surface area (Å²) in [4.78, 5) is 7.06. The molecule has 0 saturated carbocycles. The maximum Gasteiger partial charge on any atom is 0.199 e. The number of nitrogens with one attached hydrogen (secondary N) is 1. The van der Waals surface area contributed by atoms with Gasteiger partial charge in [0.2, 0.25) is 0 Å². The lowest BCUT2D eigenvalue weighted by Crippen LogP contribution is -2.48. The number of anilines is 1. The first-order valence-corrected chi connectivity index (χ1v) is 7.24. The standard InChI is InChI=1S/C13H17N3S/c1-10-9-17-7-6-16(10)13-14-8-11-4-2-3-5-12(11)15-13/h2-5,10H,6-9H2,1H3,(H,14,15). The Labute approximate surface area is 106 Å². The van der Waals surface area contributed by atoms with Crippen LogP contribution in [0.25, 0.3) is 0 Å². The Bertz CT molecular complexity index is 444. The molecule has 0 aromatic heterocycles. The summed E-state index contributed by atoms with van der Waals surface area (Å²) in [5.41, 5.74) is 2.50. The van der Waals surface area contributed by atoms with Crippen molar-refractivity contribution in [3.8, 4) is 0 Å². The molecule has 2 heterocycles. The topological polar surface area (TPSA) is 27.6 Å². The fraction of sp³-hybridized carbons (Fsp3) is 0.462. The van der Waals surface area contributed by atoms with E-state index in [2.05, 4.69) is 46.4 Å². The minimum absolute atomic E-state index is 0.574. The summed E-state index contributed by atoms with van der Waals surface area (Å²) in [5, 5.41) is 3.46. The van der Waals surface area contributed by atoms with Gasteiger partial charge in [-0.3, -0.25) is 0 Å². The summed E-state index contributed by atoms with van der Waals surface area (Å²) in [7, 11) is 0. The number of para-hydroxylation sites is 1. The maximum absolute atomic E-state index is 4.67. The molecule has 1 fully saturated rings. The predicted octanol–water partition coefficient (Wildman–Crippen LogP) is 2.41. The van der Waals surface area contributed by atoms with Crippen molar-refractivity contribution >= 4 is 23.4 Å². The molecule has 0 amide bonds. The zero-order chi connectivity index (χ0) is 11.7. The highest BCUT2D eigenvalue weighted by Gasteiger charge is 2.24. The average Bonchev–Trinajstić information content (AvgIpc) is 2.39. The van der Waals surface area contributed by atoms with Crippen molar-refractivity contribution in [3.63, 3.8) is 0 Å². The smallest absolute Gasteiger partial charge is 0.199 e. The van der Waals surface area contributed by atoms with Crippen molar-refractivity contribution in [2.24, 2.45) is 4.99 Å². The number of nitrogens with zero attached hydrogens (tertiary/aromatic N) is 2. The number of thioether (sulfide) groups is 1. The first-order valence-electron chi connectivity index (χ1n) is 6.08. The molecular weight excluding hydrogens is 230 g/mol. The molecule has 2 aliphatic rings. The molecule has 4 heteroatoms. The third-order valence-electron chi connectivity index (χ3n) is 3.30. The lowest BCUT2D eigenvalue weighted by molar-refractivity contribution is 0.362. The first kappa shape index (κ1) is 11.0. The summed E-state index contributed by atoms with van der Waals surface area (Å²) < 4.78 is 0. The molecule has 1 atom stereocenters. The highest BCUT2D eigenvalue weighted by molar-refractivity contribution is 7.99. The molecule has 1 aromatic carbocycles. The van der Waals surface area contributed by atoms with Crippen LogP contribution in [-0.4, -0.2) is 35.0 Å². The van der Waals surface area contributed by atoms with Crippen molar-refractivity contribution in [1.29, 1.82) is 0 Å². The molecule has 2 aliphatic heterocycles. The van der Waals surface area contributed by atoms with Gasteiger partial charge in [-0.15, -0.1) is 0 Å². The second-order valence-electron chi connectivity index (χ2n) is 4.54. The lowest BCUT2D eigenvalue weighted by atomic mass is 10.1. The minimum atomic E-state index is 0.574. The van der Waals surface area contributed by atoms with Crippen LogP contribution in [0.1, 0.15) is 12.5 Å². The van der Waals surface area contributed by atoms with E-state index in [9.17, 15) is 0 Å². The third kappa shape index (κ3) is 2.14. The van der Waals surface area contributed by atoms with Gasteiger partial charge in [0, 0.05) is 29.8 Å². The molecule has 0 spiro atoms. The molecular formula is C13H17N3S. The molecule has 0 radical (unpaired) electrons. The number of hydrogen-bond acceptors (Lipinski definition) is 4. The molecule has 1 N–H and O–H groups in total. The second kappa shape index (κ2) is 4.61. The van der Waals surface area contributed by atoms with Crippen molar-refractivity contribution in [3.05, 3.63) is 29.8 Å². The number of hydrogen-bond donors (Lipinski definition) is 1. The van der Waals surface area contributed by atoms with E-state index in [0.717, 1.165) is 19.0 Å². The number of benzene rings is 1. The Morgan fingerprint density at radius 3 is 3.18 bits per heavy atom. The van der Waals surface area contributed by atoms with Gasteiger partial charge >= 0.3 is 0 Å². The molecule has 0 bridgehead atoms. The monoisotopic (exact) mass is 247 g/mol. The van der Waals surface area contributed by atoms with Gasteiger partial charge in [0.25, 0.3) is 0 Å². The molecule has 0 aliphatic carbocycles. The van der Waals surface area contributed by atoms with Crippen LogP contribution < -0.4 is 5.32 Å². The fourth-order valence-corrected chi connectivity index (χ4v) is 3.32. The van der Waals surface area contributed by atoms with Crippen LogP contribution >= 0.6 is 11.8 Å². The number of fused-ring (bicyclic) bond motifs is 1. The van der Waals surface area contributed by atoms with E-state index in [4.69, 9.17) is 0 Å². The van der Waals surface area contributed by atoms with Gasteiger partial charge in [0.1, 0.15) is 0 Å². The molecule has 17 heavy (non-hydrogen) atoms. The number of aliphatic imine (C=N–C) groups is 1. The van der Waals surface area contributed by atoms with Crippen molar-refractivity contribution in [2.75, 3.05) is 23.4 Å². The van der Waals surface area contributed by atoms with Crippen molar-refractivity contribution in [1.82, 2.24) is 4.90 Å². The van der Waals surface area contributed by atoms with Crippen molar-refractivity contribution in [2.45, 2.75) is 19.5 Å². The van der Waals surface area contributed by atoms with Crippen LogP contribution in [0.2, 0.25) is 0 Å². The van der Waals surface area contributed by atoms with E-state index in [-0.39, 0.29) is 0 Å². The van der Waals surface area contributed by atoms with Crippen LogP contribution in [0.3, 0.4) is 0 Å². The van der Waals surface area contributed by atoms with Gasteiger partial charge < -0.3 is 10.2 Å². The second-order valence-corrected chi connectivity index (χ2v) is 5.69. The highest BCUT2D eigenvalue weighted by atomic mass is 32.2. The summed E-state index contributed by atoms with van der Waals surface area (Å²) in [6.45, 7) is 4.17. The largest absolute Gasteiger partial charge is 0.338 e. The van der Waals surface area contributed by atoms with E-state index in [1.165, 1.54) is 22.8 Å². The molecule has 1 aromatic rings. The zero-order valence-electron chi connectivity index (χ0n) is 10.0. The summed E-state index contributed by atoms with van der Waals surface area (Å²) >= 11 is 2.03. The van der Waals surface area contributed by atoms with Crippen LogP contribution in [0.5, 0.6) is 0 Å². The van der Waals surface area contributed by atoms with Gasteiger partial charge in [-0.05, 0) is 18.6 Å². The van der Waals surface area contributed by atoms with Gasteiger partial charge in [-0.1, -0.05) is 18.2 Å². The van der Waals surface area contributed by atoms with Gasteiger partial charge in [0.05, 0.1) is 6.54 Å². The Kier molecular flexibility index (Phi) is 2.97. The third-order valence-corrected chi connectivity index (χ3v) is 4.49. The molecule has 1 saturated heterocycles. The zero-order valence-corrected chi connectivity index (χ0v) is 10.8. The Hall–Kier alpha value is -1.16. The summed E-state index contributed by atoms with van der Waals surface area (Å²) in [6.07, 6.45) is 0. The van der Waals surface area contributed by atoms with E-state index in [1.807, 2.05) is 11.8 Å². The predicted molar refractivity (Wildman–Crippen MR) is 74.7 cm³/mol.